The van der Waals surface area contributed by atoms with Crippen LogP contribution in [0, 0.1) is 6.92 Å². The van der Waals surface area contributed by atoms with Gasteiger partial charge >= 0.3 is 0 Å². The first-order valence-corrected chi connectivity index (χ1v) is 7.51. The van der Waals surface area contributed by atoms with Gasteiger partial charge in [-0.15, -0.1) is 0 Å². The van der Waals surface area contributed by atoms with Crippen LogP contribution in [0.25, 0.3) is 5.95 Å². The van der Waals surface area contributed by atoms with Crippen molar-refractivity contribution < 1.29 is 8.78 Å². The number of anilines is 1. The van der Waals surface area contributed by atoms with Gasteiger partial charge < -0.3 is 5.32 Å². The van der Waals surface area contributed by atoms with Gasteiger partial charge in [-0.1, -0.05) is 11.6 Å². The second-order valence-electron chi connectivity index (χ2n) is 5.55. The highest BCUT2D eigenvalue weighted by atomic mass is 35.5. The number of alkyl halides is 2. The molecule has 0 aliphatic heterocycles. The van der Waals surface area contributed by atoms with Gasteiger partial charge in [-0.25, -0.2) is 13.5 Å². The van der Waals surface area contributed by atoms with Gasteiger partial charge in [0, 0.05) is 31.1 Å². The maximum absolute atomic E-state index is 13.2. The zero-order chi connectivity index (χ0) is 15.7. The third-order valence-corrected chi connectivity index (χ3v) is 3.87. The lowest BCUT2D eigenvalue weighted by Crippen LogP contribution is -2.32. The molecule has 1 aliphatic rings. The van der Waals surface area contributed by atoms with Crippen molar-refractivity contribution in [2.24, 2.45) is 0 Å². The van der Waals surface area contributed by atoms with Crippen molar-refractivity contribution in [3.63, 3.8) is 0 Å². The first-order valence-electron chi connectivity index (χ1n) is 7.13. The first kappa shape index (κ1) is 15.1. The van der Waals surface area contributed by atoms with Gasteiger partial charge in [0.05, 0.1) is 5.69 Å². The molecule has 0 saturated heterocycles. The third-order valence-electron chi connectivity index (χ3n) is 3.68. The van der Waals surface area contributed by atoms with Crippen LogP contribution in [0.1, 0.15) is 31.4 Å². The Hall–Kier alpha value is -1.76. The van der Waals surface area contributed by atoms with E-state index in [1.54, 1.807) is 12.3 Å². The smallest absolute Gasteiger partial charge is 0.253 e. The van der Waals surface area contributed by atoms with Gasteiger partial charge in [-0.2, -0.15) is 15.1 Å². The quantitative estimate of drug-likeness (QED) is 0.875. The van der Waals surface area contributed by atoms with E-state index >= 15 is 0 Å². The maximum Gasteiger partial charge on any atom is 0.253 e. The fourth-order valence-electron chi connectivity index (χ4n) is 2.50. The summed E-state index contributed by atoms with van der Waals surface area (Å²) in [7, 11) is 0. The molecule has 0 atom stereocenters. The lowest BCUT2D eigenvalue weighted by Gasteiger charge is -2.29. The molecule has 2 aromatic rings. The second kappa shape index (κ2) is 5.79. The van der Waals surface area contributed by atoms with Gasteiger partial charge in [-0.05, 0) is 25.8 Å². The van der Waals surface area contributed by atoms with E-state index in [1.807, 2.05) is 13.0 Å². The highest BCUT2D eigenvalue weighted by molar-refractivity contribution is 6.29. The molecule has 8 heteroatoms. The lowest BCUT2D eigenvalue weighted by atomic mass is 9.92. The summed E-state index contributed by atoms with van der Waals surface area (Å²) >= 11 is 6.02. The summed E-state index contributed by atoms with van der Waals surface area (Å²) in [5, 5.41) is 7.68. The zero-order valence-electron chi connectivity index (χ0n) is 12.1. The molecule has 0 bridgehead atoms. The van der Waals surface area contributed by atoms with Crippen molar-refractivity contribution in [2.45, 2.75) is 44.6 Å². The molecule has 1 saturated carbocycles. The Morgan fingerprint density at radius 1 is 1.32 bits per heavy atom. The molecule has 22 heavy (non-hydrogen) atoms. The fourth-order valence-corrected chi connectivity index (χ4v) is 2.68. The van der Waals surface area contributed by atoms with E-state index in [1.165, 1.54) is 4.68 Å². The summed E-state index contributed by atoms with van der Waals surface area (Å²) in [6, 6.07) is 3.40. The van der Waals surface area contributed by atoms with E-state index in [0.29, 0.717) is 24.6 Å². The average Bonchev–Trinajstić information content (AvgIpc) is 2.87. The fraction of sp³-hybridized carbons (Fsp3) is 0.500. The molecule has 2 aromatic heterocycles. The Balaban J connectivity index is 1.76. The minimum Gasteiger partial charge on any atom is -0.367 e. The van der Waals surface area contributed by atoms with Crippen LogP contribution in [0.3, 0.4) is 0 Å². The number of rotatable bonds is 3. The van der Waals surface area contributed by atoms with E-state index in [2.05, 4.69) is 20.4 Å². The van der Waals surface area contributed by atoms with Gasteiger partial charge in [0.2, 0.25) is 5.92 Å². The number of aromatic nitrogens is 4. The molecule has 0 spiro atoms. The van der Waals surface area contributed by atoms with Crippen molar-refractivity contribution >= 4 is 17.4 Å². The summed E-state index contributed by atoms with van der Waals surface area (Å²) in [5.41, 5.74) is 0.840. The topological polar surface area (TPSA) is 55.6 Å². The van der Waals surface area contributed by atoms with Crippen LogP contribution in [0.2, 0.25) is 5.15 Å². The molecule has 0 aromatic carbocycles. The van der Waals surface area contributed by atoms with Gasteiger partial charge in [0.1, 0.15) is 11.0 Å². The SMILES string of the molecule is Cc1ccn(-c2nc(Cl)cc(NC3CCC(F)(F)CC3)n2)n1. The molecule has 1 N–H and O–H groups in total. The predicted molar refractivity (Wildman–Crippen MR) is 79.7 cm³/mol. The molecular weight excluding hydrogens is 312 g/mol. The monoisotopic (exact) mass is 327 g/mol. The van der Waals surface area contributed by atoms with Crippen LogP contribution in [0.4, 0.5) is 14.6 Å². The lowest BCUT2D eigenvalue weighted by molar-refractivity contribution is -0.0361. The molecule has 0 radical (unpaired) electrons. The third kappa shape index (κ3) is 3.52. The van der Waals surface area contributed by atoms with Crippen LogP contribution in [0.15, 0.2) is 18.3 Å². The number of hydrogen-bond acceptors (Lipinski definition) is 4. The highest BCUT2D eigenvalue weighted by Crippen LogP contribution is 2.34. The summed E-state index contributed by atoms with van der Waals surface area (Å²) in [5.74, 6) is -1.67. The van der Waals surface area contributed by atoms with Crippen LogP contribution >= 0.6 is 11.6 Å². The number of nitrogens with one attached hydrogen (secondary N) is 1. The van der Waals surface area contributed by atoms with Crippen molar-refractivity contribution in [1.82, 2.24) is 19.7 Å². The van der Waals surface area contributed by atoms with Crippen molar-refractivity contribution in [3.05, 3.63) is 29.2 Å². The van der Waals surface area contributed by atoms with Crippen molar-refractivity contribution in [2.75, 3.05) is 5.32 Å². The molecule has 0 amide bonds. The molecule has 3 rings (SSSR count). The standard InChI is InChI=1S/C14H16ClF2N5/c1-9-4-7-22(21-9)13-19-11(15)8-12(20-13)18-10-2-5-14(16,17)6-3-10/h4,7-8,10H,2-3,5-6H2,1H3,(H,18,19,20). The summed E-state index contributed by atoms with van der Waals surface area (Å²) in [4.78, 5) is 8.48. The second-order valence-corrected chi connectivity index (χ2v) is 5.94. The molecule has 2 heterocycles. The van der Waals surface area contributed by atoms with Crippen molar-refractivity contribution in [3.8, 4) is 5.95 Å². The molecule has 0 unspecified atom stereocenters. The Bertz CT molecular complexity index is 663. The van der Waals surface area contributed by atoms with Crippen LogP contribution in [0.5, 0.6) is 0 Å². The summed E-state index contributed by atoms with van der Waals surface area (Å²) < 4.78 is 27.9. The number of halogens is 3. The number of aryl methyl sites for hydroxylation is 1. The Morgan fingerprint density at radius 2 is 2.05 bits per heavy atom. The molecule has 1 fully saturated rings. The van der Waals surface area contributed by atoms with Crippen LogP contribution in [-0.2, 0) is 0 Å². The highest BCUT2D eigenvalue weighted by Gasteiger charge is 2.34. The normalized spacial score (nSPS) is 18.4. The number of nitrogens with zero attached hydrogens (tertiary/aromatic N) is 4. The first-order chi connectivity index (χ1) is 10.4. The van der Waals surface area contributed by atoms with Crippen LogP contribution < -0.4 is 5.32 Å². The van der Waals surface area contributed by atoms with E-state index < -0.39 is 5.92 Å². The van der Waals surface area contributed by atoms with E-state index in [9.17, 15) is 8.78 Å². The van der Waals surface area contributed by atoms with E-state index in [-0.39, 0.29) is 24.0 Å². The summed E-state index contributed by atoms with van der Waals surface area (Å²) in [6.45, 7) is 1.86. The summed E-state index contributed by atoms with van der Waals surface area (Å²) in [6.07, 6.45) is 2.35. The molecule has 118 valence electrons. The van der Waals surface area contributed by atoms with Crippen LogP contribution in [-0.4, -0.2) is 31.7 Å². The predicted octanol–water partition coefficient (Wildman–Crippen LogP) is 3.61. The van der Waals surface area contributed by atoms with Gasteiger partial charge in [-0.3, -0.25) is 0 Å². The minimum atomic E-state index is -2.54. The Morgan fingerprint density at radius 3 is 2.68 bits per heavy atom. The van der Waals surface area contributed by atoms with E-state index in [4.69, 9.17) is 11.6 Å². The Labute approximate surface area is 131 Å². The maximum atomic E-state index is 13.2. The van der Waals surface area contributed by atoms with Gasteiger partial charge in [0.15, 0.2) is 0 Å². The molecular formula is C14H16ClF2N5. The zero-order valence-corrected chi connectivity index (χ0v) is 12.8. The van der Waals surface area contributed by atoms with Crippen molar-refractivity contribution in [1.29, 1.82) is 0 Å². The number of hydrogen-bond donors (Lipinski definition) is 1. The Kier molecular flexibility index (Phi) is 3.99. The van der Waals surface area contributed by atoms with E-state index in [0.717, 1.165) is 5.69 Å². The van der Waals surface area contributed by atoms with Gasteiger partial charge in [0.25, 0.3) is 5.95 Å². The minimum absolute atomic E-state index is 0.0298. The largest absolute Gasteiger partial charge is 0.367 e. The average molecular weight is 328 g/mol. The molecule has 5 nitrogen and oxygen atoms in total. The molecule has 1 aliphatic carbocycles.